The van der Waals surface area contributed by atoms with Gasteiger partial charge in [-0.2, -0.15) is 0 Å². The number of ether oxygens (including phenoxy) is 1. The largest absolute Gasteiger partial charge is 0.381 e. The van der Waals surface area contributed by atoms with Gasteiger partial charge in [0.2, 0.25) is 5.91 Å². The van der Waals surface area contributed by atoms with Crippen LogP contribution in [0.1, 0.15) is 12.8 Å². The summed E-state index contributed by atoms with van der Waals surface area (Å²) in [6, 6.07) is 0. The van der Waals surface area contributed by atoms with Gasteiger partial charge in [0.25, 0.3) is 0 Å². The van der Waals surface area contributed by atoms with Crippen LogP contribution in [0.3, 0.4) is 0 Å². The third-order valence-corrected chi connectivity index (χ3v) is 3.28. The summed E-state index contributed by atoms with van der Waals surface area (Å²) in [7, 11) is 1.91. The molecule has 1 amide bonds. The van der Waals surface area contributed by atoms with Crippen LogP contribution in [-0.4, -0.2) is 50.7 Å². The predicted molar refractivity (Wildman–Crippen MR) is 57.5 cm³/mol. The average Bonchev–Trinajstić information content (AvgIpc) is 2.23. The van der Waals surface area contributed by atoms with E-state index in [0.29, 0.717) is 12.5 Å². The highest BCUT2D eigenvalue weighted by molar-refractivity contribution is 5.78. The zero-order chi connectivity index (χ0) is 10.7. The van der Waals surface area contributed by atoms with Gasteiger partial charge >= 0.3 is 0 Å². The molecule has 2 aliphatic heterocycles. The summed E-state index contributed by atoms with van der Waals surface area (Å²) in [5.41, 5.74) is 0. The molecule has 2 saturated heterocycles. The lowest BCUT2D eigenvalue weighted by Gasteiger charge is -2.33. The number of nitrogens with one attached hydrogen (secondary N) is 1. The molecular weight excluding hydrogens is 192 g/mol. The Morgan fingerprint density at radius 2 is 2.33 bits per heavy atom. The van der Waals surface area contributed by atoms with Crippen molar-refractivity contribution in [3.05, 3.63) is 0 Å². The lowest BCUT2D eigenvalue weighted by atomic mass is 9.99. The summed E-state index contributed by atoms with van der Waals surface area (Å²) < 4.78 is 5.34. The van der Waals surface area contributed by atoms with Crippen LogP contribution in [-0.2, 0) is 9.53 Å². The van der Waals surface area contributed by atoms with Gasteiger partial charge in [-0.1, -0.05) is 0 Å². The number of carbonyl (C=O) groups is 1. The van der Waals surface area contributed by atoms with E-state index in [1.54, 1.807) is 0 Å². The van der Waals surface area contributed by atoms with E-state index in [2.05, 4.69) is 5.32 Å². The second-order valence-corrected chi connectivity index (χ2v) is 4.66. The van der Waals surface area contributed by atoms with Crippen LogP contribution in [0.15, 0.2) is 0 Å². The summed E-state index contributed by atoms with van der Waals surface area (Å²) in [5, 5.41) is 3.22. The zero-order valence-corrected chi connectivity index (χ0v) is 9.37. The first-order valence-electron chi connectivity index (χ1n) is 5.81. The van der Waals surface area contributed by atoms with E-state index in [-0.39, 0.29) is 11.8 Å². The van der Waals surface area contributed by atoms with Crippen LogP contribution in [0.25, 0.3) is 0 Å². The predicted octanol–water partition coefficient (Wildman–Crippen LogP) is 0.0908. The summed E-state index contributed by atoms with van der Waals surface area (Å²) in [6.07, 6.45) is 2.02. The maximum Gasteiger partial charge on any atom is 0.227 e. The number of hydrogen-bond acceptors (Lipinski definition) is 3. The Balaban J connectivity index is 1.77. The van der Waals surface area contributed by atoms with Crippen molar-refractivity contribution in [3.63, 3.8) is 0 Å². The minimum absolute atomic E-state index is 0.108. The van der Waals surface area contributed by atoms with Gasteiger partial charge < -0.3 is 15.0 Å². The van der Waals surface area contributed by atoms with E-state index in [0.717, 1.165) is 39.1 Å². The molecular formula is C11H20N2O2. The summed E-state index contributed by atoms with van der Waals surface area (Å²) in [6.45, 7) is 4.44. The van der Waals surface area contributed by atoms with E-state index < -0.39 is 0 Å². The molecule has 0 saturated carbocycles. The lowest BCUT2D eigenvalue weighted by Crippen LogP contribution is -2.50. The number of rotatable bonds is 3. The average molecular weight is 212 g/mol. The van der Waals surface area contributed by atoms with E-state index in [9.17, 15) is 4.79 Å². The maximum atomic E-state index is 12.0. The Morgan fingerprint density at radius 1 is 1.53 bits per heavy atom. The normalized spacial score (nSPS) is 27.1. The molecule has 15 heavy (non-hydrogen) atoms. The quantitative estimate of drug-likeness (QED) is 0.721. The monoisotopic (exact) mass is 212 g/mol. The molecule has 2 heterocycles. The fourth-order valence-electron chi connectivity index (χ4n) is 2.20. The molecule has 1 atom stereocenters. The highest BCUT2D eigenvalue weighted by Crippen LogP contribution is 2.16. The van der Waals surface area contributed by atoms with Crippen LogP contribution in [0.2, 0.25) is 0 Å². The lowest BCUT2D eigenvalue weighted by molar-refractivity contribution is -0.139. The maximum absolute atomic E-state index is 12.0. The molecule has 0 aromatic carbocycles. The third kappa shape index (κ3) is 2.69. The van der Waals surface area contributed by atoms with E-state index >= 15 is 0 Å². The summed E-state index contributed by atoms with van der Waals surface area (Å²) in [5.74, 6) is 1.03. The Hall–Kier alpha value is -0.610. The highest BCUT2D eigenvalue weighted by Gasteiger charge is 2.27. The standard InChI is InChI=1S/C11H20N2O2/c1-13(7-9-5-12-6-9)11(14)10-3-2-4-15-8-10/h9-10,12H,2-8H2,1H3. The highest BCUT2D eigenvalue weighted by atomic mass is 16.5. The van der Waals surface area contributed by atoms with Gasteiger partial charge in [0.15, 0.2) is 0 Å². The first kappa shape index (κ1) is 10.9. The summed E-state index contributed by atoms with van der Waals surface area (Å²) in [4.78, 5) is 13.9. The number of hydrogen-bond donors (Lipinski definition) is 1. The molecule has 0 aliphatic carbocycles. The molecule has 4 heteroatoms. The molecule has 86 valence electrons. The Kier molecular flexibility index (Phi) is 3.59. The smallest absolute Gasteiger partial charge is 0.227 e. The fraction of sp³-hybridized carbons (Fsp3) is 0.909. The number of amides is 1. The second-order valence-electron chi connectivity index (χ2n) is 4.66. The molecule has 2 fully saturated rings. The molecule has 2 aliphatic rings. The summed E-state index contributed by atoms with van der Waals surface area (Å²) >= 11 is 0. The Morgan fingerprint density at radius 3 is 2.87 bits per heavy atom. The van der Waals surface area contributed by atoms with Crippen molar-refractivity contribution in [2.24, 2.45) is 11.8 Å². The minimum atomic E-state index is 0.108. The molecule has 1 N–H and O–H groups in total. The fourth-order valence-corrected chi connectivity index (χ4v) is 2.20. The van der Waals surface area contributed by atoms with Gasteiger partial charge in [-0.05, 0) is 12.8 Å². The third-order valence-electron chi connectivity index (χ3n) is 3.28. The van der Waals surface area contributed by atoms with Gasteiger partial charge in [0.05, 0.1) is 12.5 Å². The first-order valence-corrected chi connectivity index (χ1v) is 5.81. The van der Waals surface area contributed by atoms with Crippen molar-refractivity contribution in [3.8, 4) is 0 Å². The van der Waals surface area contributed by atoms with Gasteiger partial charge in [-0.3, -0.25) is 4.79 Å². The van der Waals surface area contributed by atoms with Gasteiger partial charge in [0, 0.05) is 39.2 Å². The topological polar surface area (TPSA) is 41.6 Å². The molecule has 0 aromatic rings. The van der Waals surface area contributed by atoms with Crippen molar-refractivity contribution < 1.29 is 9.53 Å². The van der Waals surface area contributed by atoms with E-state index in [4.69, 9.17) is 4.74 Å². The van der Waals surface area contributed by atoms with Crippen LogP contribution in [0.4, 0.5) is 0 Å². The van der Waals surface area contributed by atoms with Crippen molar-refractivity contribution in [1.29, 1.82) is 0 Å². The van der Waals surface area contributed by atoms with E-state index in [1.807, 2.05) is 11.9 Å². The molecule has 4 nitrogen and oxygen atoms in total. The van der Waals surface area contributed by atoms with Crippen molar-refractivity contribution in [2.75, 3.05) is 39.9 Å². The Labute approximate surface area is 91.0 Å². The van der Waals surface area contributed by atoms with Crippen molar-refractivity contribution >= 4 is 5.91 Å². The number of carbonyl (C=O) groups excluding carboxylic acids is 1. The Bertz CT molecular complexity index is 223. The molecule has 2 rings (SSSR count). The van der Waals surface area contributed by atoms with Crippen molar-refractivity contribution in [2.45, 2.75) is 12.8 Å². The molecule has 0 radical (unpaired) electrons. The van der Waals surface area contributed by atoms with Crippen LogP contribution >= 0.6 is 0 Å². The molecule has 0 spiro atoms. The first-order chi connectivity index (χ1) is 7.27. The van der Waals surface area contributed by atoms with Crippen LogP contribution < -0.4 is 5.32 Å². The minimum Gasteiger partial charge on any atom is -0.381 e. The zero-order valence-electron chi connectivity index (χ0n) is 9.37. The van der Waals surface area contributed by atoms with Crippen molar-refractivity contribution in [1.82, 2.24) is 10.2 Å². The second kappa shape index (κ2) is 4.94. The molecule has 0 aromatic heterocycles. The number of nitrogens with zero attached hydrogens (tertiary/aromatic N) is 1. The van der Waals surface area contributed by atoms with Crippen LogP contribution in [0.5, 0.6) is 0 Å². The molecule has 0 bridgehead atoms. The van der Waals surface area contributed by atoms with Gasteiger partial charge in [-0.25, -0.2) is 0 Å². The van der Waals surface area contributed by atoms with Gasteiger partial charge in [-0.15, -0.1) is 0 Å². The van der Waals surface area contributed by atoms with Gasteiger partial charge in [0.1, 0.15) is 0 Å². The molecule has 1 unspecified atom stereocenters. The SMILES string of the molecule is CN(CC1CNC1)C(=O)C1CCCOC1. The van der Waals surface area contributed by atoms with E-state index in [1.165, 1.54) is 0 Å². The van der Waals surface area contributed by atoms with Crippen LogP contribution in [0, 0.1) is 11.8 Å².